The first kappa shape index (κ1) is 17.4. The maximum atomic E-state index is 12.4. The van der Waals surface area contributed by atoms with Gasteiger partial charge >= 0.3 is 5.97 Å². The molecule has 1 rings (SSSR count). The molecule has 0 aliphatic heterocycles. The van der Waals surface area contributed by atoms with Crippen LogP contribution in [-0.4, -0.2) is 37.7 Å². The van der Waals surface area contributed by atoms with Gasteiger partial charge in [-0.25, -0.2) is 0 Å². The van der Waals surface area contributed by atoms with Crippen molar-refractivity contribution < 1.29 is 18.9 Å². The molecule has 1 aromatic carbocycles. The number of carboxylic acid groups (broad SMARTS) is 1. The molecule has 3 unspecified atom stereocenters. The Balaban J connectivity index is 2.83. The minimum absolute atomic E-state index is 0.0747. The third-order valence-corrected chi connectivity index (χ3v) is 4.81. The summed E-state index contributed by atoms with van der Waals surface area (Å²) in [6.45, 7) is 5.09. The van der Waals surface area contributed by atoms with Gasteiger partial charge in [0.25, 0.3) is 0 Å². The van der Waals surface area contributed by atoms with E-state index in [2.05, 4.69) is 5.32 Å². The number of nitrogens with one attached hydrogen (secondary N) is 1. The van der Waals surface area contributed by atoms with Gasteiger partial charge in [0, 0.05) is 16.8 Å². The van der Waals surface area contributed by atoms with Gasteiger partial charge in [0.15, 0.2) is 0 Å². The molecule has 0 radical (unpaired) electrons. The molecule has 5 nitrogen and oxygen atoms in total. The molecule has 0 saturated carbocycles. The summed E-state index contributed by atoms with van der Waals surface area (Å²) in [5, 5.41) is 9.99. The van der Waals surface area contributed by atoms with E-state index in [0.29, 0.717) is 0 Å². The Morgan fingerprint density at radius 2 is 1.76 bits per heavy atom. The normalized spacial score (nSPS) is 15.2. The highest BCUT2D eigenvalue weighted by Crippen LogP contribution is 2.12. The summed E-state index contributed by atoms with van der Waals surface area (Å²) < 4.78 is 12.4. The second-order valence-electron chi connectivity index (χ2n) is 5.15. The van der Waals surface area contributed by atoms with Gasteiger partial charge in [-0.05, 0) is 32.8 Å². The molecular formula is C15H21NO4S. The average Bonchev–Trinajstić information content (AvgIpc) is 2.43. The van der Waals surface area contributed by atoms with E-state index < -0.39 is 27.3 Å². The van der Waals surface area contributed by atoms with Crippen LogP contribution in [-0.2, 0) is 26.8 Å². The summed E-state index contributed by atoms with van der Waals surface area (Å²) in [7, 11) is -1.79. The third-order valence-electron chi connectivity index (χ3n) is 2.97. The number of amides is 1. The van der Waals surface area contributed by atoms with E-state index in [-0.39, 0.29) is 18.4 Å². The quantitative estimate of drug-likeness (QED) is 0.796. The molecule has 1 aromatic rings. The van der Waals surface area contributed by atoms with Gasteiger partial charge in [0.05, 0.1) is 0 Å². The van der Waals surface area contributed by atoms with Gasteiger partial charge < -0.3 is 10.4 Å². The monoisotopic (exact) mass is 311 g/mol. The molecule has 0 saturated heterocycles. The molecule has 0 spiro atoms. The van der Waals surface area contributed by atoms with E-state index >= 15 is 0 Å². The number of carbonyl (C=O) groups is 2. The van der Waals surface area contributed by atoms with Crippen molar-refractivity contribution >= 4 is 22.7 Å². The largest absolute Gasteiger partial charge is 0.480 e. The molecule has 0 aliphatic carbocycles. The second kappa shape index (κ2) is 7.93. The lowest BCUT2D eigenvalue weighted by Crippen LogP contribution is -2.44. The van der Waals surface area contributed by atoms with Crippen LogP contribution in [0.15, 0.2) is 30.3 Å². The molecule has 0 heterocycles. The first-order valence-electron chi connectivity index (χ1n) is 6.79. The zero-order chi connectivity index (χ0) is 16.0. The summed E-state index contributed by atoms with van der Waals surface area (Å²) in [6.07, 6.45) is 0.141. The minimum Gasteiger partial charge on any atom is -0.480 e. The molecular weight excluding hydrogens is 290 g/mol. The van der Waals surface area contributed by atoms with Gasteiger partial charge in [-0.15, -0.1) is 0 Å². The van der Waals surface area contributed by atoms with E-state index in [1.807, 2.05) is 6.07 Å². The molecule has 6 heteroatoms. The molecule has 1 amide bonds. The van der Waals surface area contributed by atoms with Crippen molar-refractivity contribution in [2.75, 3.05) is 0 Å². The predicted octanol–water partition coefficient (Wildman–Crippen LogP) is 1.34. The first-order chi connectivity index (χ1) is 9.82. The Labute approximate surface area is 127 Å². The minimum atomic E-state index is -1.79. The molecule has 0 aromatic heterocycles. The standard InChI is InChI=1S/C15H21NO4S/c1-10(2)16-14(17)11(3)21(20)13(15(18)19)9-12-7-5-4-6-8-12/h4-8,10-11,13H,9H2,1-3H3,(H,16,17)(H,18,19). The Hall–Kier alpha value is -1.69. The molecule has 0 fully saturated rings. The van der Waals surface area contributed by atoms with Crippen LogP contribution in [0.2, 0.25) is 0 Å². The number of carboxylic acids is 1. The molecule has 0 aliphatic rings. The van der Waals surface area contributed by atoms with Crippen LogP contribution in [0.4, 0.5) is 0 Å². The molecule has 3 atom stereocenters. The third kappa shape index (κ3) is 5.30. The number of aliphatic carboxylic acids is 1. The van der Waals surface area contributed by atoms with Crippen molar-refractivity contribution in [2.45, 2.75) is 43.7 Å². The van der Waals surface area contributed by atoms with E-state index in [4.69, 9.17) is 0 Å². The van der Waals surface area contributed by atoms with Gasteiger partial charge in [0.1, 0.15) is 10.5 Å². The lowest BCUT2D eigenvalue weighted by molar-refractivity contribution is -0.136. The lowest BCUT2D eigenvalue weighted by atomic mass is 10.1. The Kier molecular flexibility index (Phi) is 6.55. The van der Waals surface area contributed by atoms with Crippen LogP contribution < -0.4 is 5.32 Å². The Morgan fingerprint density at radius 3 is 2.24 bits per heavy atom. The van der Waals surface area contributed by atoms with Crippen molar-refractivity contribution in [3.05, 3.63) is 35.9 Å². The lowest BCUT2D eigenvalue weighted by Gasteiger charge is -2.18. The SMILES string of the molecule is CC(C)NC(=O)C(C)S(=O)C(Cc1ccccc1)C(=O)O. The second-order valence-corrected chi connectivity index (χ2v) is 7.08. The number of hydrogen-bond acceptors (Lipinski definition) is 3. The Morgan fingerprint density at radius 1 is 1.19 bits per heavy atom. The molecule has 21 heavy (non-hydrogen) atoms. The summed E-state index contributed by atoms with van der Waals surface area (Å²) in [5.41, 5.74) is 0.787. The van der Waals surface area contributed by atoms with E-state index in [1.54, 1.807) is 38.1 Å². The Bertz CT molecular complexity index is 516. The van der Waals surface area contributed by atoms with Crippen molar-refractivity contribution in [1.29, 1.82) is 0 Å². The van der Waals surface area contributed by atoms with Gasteiger partial charge in [-0.1, -0.05) is 30.3 Å². The fourth-order valence-corrected chi connectivity index (χ4v) is 3.18. The van der Waals surface area contributed by atoms with Crippen LogP contribution in [0.1, 0.15) is 26.3 Å². The van der Waals surface area contributed by atoms with E-state index in [0.717, 1.165) is 5.56 Å². The summed E-state index contributed by atoms with van der Waals surface area (Å²) in [4.78, 5) is 23.2. The number of benzene rings is 1. The predicted molar refractivity (Wildman–Crippen MR) is 82.5 cm³/mol. The van der Waals surface area contributed by atoms with Crippen molar-refractivity contribution in [2.24, 2.45) is 0 Å². The number of carbonyl (C=O) groups excluding carboxylic acids is 1. The zero-order valence-electron chi connectivity index (χ0n) is 12.4. The summed E-state index contributed by atoms with van der Waals surface area (Å²) in [5.74, 6) is -1.54. The topological polar surface area (TPSA) is 83.5 Å². The fraction of sp³-hybridized carbons (Fsp3) is 0.467. The maximum absolute atomic E-state index is 12.4. The van der Waals surface area contributed by atoms with Gasteiger partial charge in [-0.3, -0.25) is 13.8 Å². The molecule has 116 valence electrons. The number of hydrogen-bond donors (Lipinski definition) is 2. The van der Waals surface area contributed by atoms with Crippen molar-refractivity contribution in [1.82, 2.24) is 5.32 Å². The zero-order valence-corrected chi connectivity index (χ0v) is 13.2. The summed E-state index contributed by atoms with van der Waals surface area (Å²) >= 11 is 0. The average molecular weight is 311 g/mol. The highest BCUT2D eigenvalue weighted by Gasteiger charge is 2.32. The number of rotatable bonds is 7. The van der Waals surface area contributed by atoms with Gasteiger partial charge in [0.2, 0.25) is 5.91 Å². The maximum Gasteiger partial charge on any atom is 0.319 e. The first-order valence-corrected chi connectivity index (χ1v) is 8.07. The fourth-order valence-electron chi connectivity index (χ4n) is 1.85. The highest BCUT2D eigenvalue weighted by molar-refractivity contribution is 7.87. The molecule has 2 N–H and O–H groups in total. The van der Waals surface area contributed by atoms with Crippen molar-refractivity contribution in [3.8, 4) is 0 Å². The summed E-state index contributed by atoms with van der Waals surface area (Å²) in [6, 6.07) is 8.92. The molecule has 0 bridgehead atoms. The van der Waals surface area contributed by atoms with Gasteiger partial charge in [-0.2, -0.15) is 0 Å². The van der Waals surface area contributed by atoms with Crippen molar-refractivity contribution in [3.63, 3.8) is 0 Å². The van der Waals surface area contributed by atoms with Crippen LogP contribution >= 0.6 is 0 Å². The van der Waals surface area contributed by atoms with Crippen LogP contribution in [0.5, 0.6) is 0 Å². The van der Waals surface area contributed by atoms with Crippen LogP contribution in [0.25, 0.3) is 0 Å². The van der Waals surface area contributed by atoms with Crippen LogP contribution in [0.3, 0.4) is 0 Å². The van der Waals surface area contributed by atoms with E-state index in [9.17, 15) is 18.9 Å². The highest BCUT2D eigenvalue weighted by atomic mass is 32.2. The smallest absolute Gasteiger partial charge is 0.319 e. The van der Waals surface area contributed by atoms with E-state index in [1.165, 1.54) is 6.92 Å². The van der Waals surface area contributed by atoms with Crippen LogP contribution in [0, 0.1) is 0 Å².